The Morgan fingerprint density at radius 2 is 1.85 bits per heavy atom. The summed E-state index contributed by atoms with van der Waals surface area (Å²) in [5.41, 5.74) is 0.513. The number of nitro benzene ring substituents is 1. The number of benzene rings is 1. The Morgan fingerprint density at radius 1 is 1.23 bits per heavy atom. The number of nitrogens with one attached hydrogen (secondary N) is 1. The molecular weight excluding hydrogens is 338 g/mol. The van der Waals surface area contributed by atoms with Gasteiger partial charge in [-0.05, 0) is 36.8 Å². The molecule has 3 aliphatic rings. The smallest absolute Gasteiger partial charge is 0.293 e. The van der Waals surface area contributed by atoms with Crippen molar-refractivity contribution in [3.05, 3.63) is 46.0 Å². The summed E-state index contributed by atoms with van der Waals surface area (Å²) in [6.07, 6.45) is 4.79. The molecule has 0 aromatic heterocycles. The van der Waals surface area contributed by atoms with Gasteiger partial charge in [0.15, 0.2) is 0 Å². The van der Waals surface area contributed by atoms with Crippen LogP contribution in [0.5, 0.6) is 0 Å². The summed E-state index contributed by atoms with van der Waals surface area (Å²) in [4.78, 5) is 49.0. The number of hydrogen-bond donors (Lipinski definition) is 1. The highest BCUT2D eigenvalue weighted by atomic mass is 16.6. The van der Waals surface area contributed by atoms with Crippen LogP contribution in [0.2, 0.25) is 0 Å². The molecular formula is C18H17N3O5. The van der Waals surface area contributed by atoms with Crippen LogP contribution in [0.3, 0.4) is 0 Å². The molecule has 26 heavy (non-hydrogen) atoms. The summed E-state index contributed by atoms with van der Waals surface area (Å²) < 4.78 is 0. The van der Waals surface area contributed by atoms with Gasteiger partial charge in [0, 0.05) is 6.07 Å². The number of carbonyl (C=O) groups excluding carboxylic acids is 3. The van der Waals surface area contributed by atoms with Gasteiger partial charge in [-0.15, -0.1) is 0 Å². The number of nitrogens with zero attached hydrogens (tertiary/aromatic N) is 2. The number of nitro groups is 1. The molecule has 1 saturated heterocycles. The number of amides is 3. The average molecular weight is 355 g/mol. The van der Waals surface area contributed by atoms with E-state index in [1.807, 2.05) is 12.2 Å². The molecule has 2 bridgehead atoms. The number of likely N-dealkylation sites (tertiary alicyclic amines) is 1. The zero-order valence-electron chi connectivity index (χ0n) is 14.0. The van der Waals surface area contributed by atoms with Crippen molar-refractivity contribution in [1.29, 1.82) is 0 Å². The van der Waals surface area contributed by atoms with Crippen LogP contribution in [0, 0.1) is 40.7 Å². The van der Waals surface area contributed by atoms with Gasteiger partial charge in [-0.3, -0.25) is 29.4 Å². The zero-order chi connectivity index (χ0) is 18.6. The Bertz CT molecular complexity index is 848. The van der Waals surface area contributed by atoms with Gasteiger partial charge in [0.2, 0.25) is 17.7 Å². The first-order valence-electron chi connectivity index (χ1n) is 8.45. The number of allylic oxidation sites excluding steroid dienone is 2. The van der Waals surface area contributed by atoms with Crippen molar-refractivity contribution in [3.8, 4) is 0 Å². The minimum absolute atomic E-state index is 0.0478. The molecule has 2 fully saturated rings. The lowest BCUT2D eigenvalue weighted by molar-refractivity contribution is -0.384. The molecule has 1 heterocycles. The summed E-state index contributed by atoms with van der Waals surface area (Å²) in [6.45, 7) is 1.29. The van der Waals surface area contributed by atoms with E-state index >= 15 is 0 Å². The third kappa shape index (κ3) is 2.40. The summed E-state index contributed by atoms with van der Waals surface area (Å²) in [6, 6.07) is 4.44. The van der Waals surface area contributed by atoms with Crippen molar-refractivity contribution in [1.82, 2.24) is 4.90 Å². The first-order valence-corrected chi connectivity index (χ1v) is 8.45. The van der Waals surface area contributed by atoms with Crippen molar-refractivity contribution in [2.45, 2.75) is 13.3 Å². The molecule has 8 heteroatoms. The molecule has 1 saturated carbocycles. The first kappa shape index (κ1) is 16.4. The average Bonchev–Trinajstić information content (AvgIpc) is 3.26. The molecule has 2 aliphatic carbocycles. The lowest BCUT2D eigenvalue weighted by Gasteiger charge is -2.16. The molecule has 1 N–H and O–H groups in total. The molecule has 1 aromatic rings. The van der Waals surface area contributed by atoms with E-state index in [0.717, 1.165) is 11.3 Å². The lowest BCUT2D eigenvalue weighted by Crippen LogP contribution is -2.39. The predicted octanol–water partition coefficient (Wildman–Crippen LogP) is 1.65. The van der Waals surface area contributed by atoms with Crippen LogP contribution in [0.25, 0.3) is 0 Å². The highest BCUT2D eigenvalue weighted by Gasteiger charge is 2.59. The molecule has 4 atom stereocenters. The molecule has 4 rings (SSSR count). The third-order valence-electron chi connectivity index (χ3n) is 5.49. The predicted molar refractivity (Wildman–Crippen MR) is 90.9 cm³/mol. The van der Waals surface area contributed by atoms with E-state index in [1.54, 1.807) is 13.0 Å². The van der Waals surface area contributed by atoms with E-state index in [0.29, 0.717) is 5.56 Å². The lowest BCUT2D eigenvalue weighted by atomic mass is 9.85. The molecule has 0 unspecified atom stereocenters. The molecule has 134 valence electrons. The van der Waals surface area contributed by atoms with E-state index in [1.165, 1.54) is 12.1 Å². The largest absolute Gasteiger partial charge is 0.319 e. The number of aryl methyl sites for hydroxylation is 1. The number of fused-ring (bicyclic) bond motifs is 5. The number of rotatable bonds is 4. The van der Waals surface area contributed by atoms with E-state index in [4.69, 9.17) is 0 Å². The van der Waals surface area contributed by atoms with Gasteiger partial charge in [0.25, 0.3) is 5.69 Å². The molecule has 0 spiro atoms. The molecule has 0 radical (unpaired) electrons. The zero-order valence-corrected chi connectivity index (χ0v) is 14.0. The minimum Gasteiger partial charge on any atom is -0.319 e. The second kappa shape index (κ2) is 5.76. The highest BCUT2D eigenvalue weighted by molar-refractivity contribution is 6.09. The Morgan fingerprint density at radius 3 is 2.42 bits per heavy atom. The monoisotopic (exact) mass is 355 g/mol. The quantitative estimate of drug-likeness (QED) is 0.382. The Kier molecular flexibility index (Phi) is 3.64. The number of hydrogen-bond acceptors (Lipinski definition) is 5. The topological polar surface area (TPSA) is 110 Å². The van der Waals surface area contributed by atoms with E-state index in [2.05, 4.69) is 5.32 Å². The van der Waals surface area contributed by atoms with Crippen LogP contribution in [0.15, 0.2) is 30.4 Å². The molecule has 8 nitrogen and oxygen atoms in total. The SMILES string of the molecule is Cc1ccc(NC(=O)CN2C(=O)[C@H]3[C@H](C2=O)[C@H]2C=C[C@H]3C2)c([N+](=O)[O-])c1. The van der Waals surface area contributed by atoms with Gasteiger partial charge in [0.1, 0.15) is 12.2 Å². The summed E-state index contributed by atoms with van der Waals surface area (Å²) in [7, 11) is 0. The molecule has 1 aromatic carbocycles. The fraction of sp³-hybridized carbons (Fsp3) is 0.389. The van der Waals surface area contributed by atoms with Crippen LogP contribution in [0.1, 0.15) is 12.0 Å². The Hall–Kier alpha value is -3.03. The minimum atomic E-state index is -0.626. The van der Waals surface area contributed by atoms with Gasteiger partial charge in [-0.2, -0.15) is 0 Å². The maximum atomic E-state index is 12.6. The Labute approximate surface area is 149 Å². The van der Waals surface area contributed by atoms with Crippen molar-refractivity contribution >= 4 is 29.1 Å². The summed E-state index contributed by atoms with van der Waals surface area (Å²) in [5, 5.41) is 13.6. The van der Waals surface area contributed by atoms with Crippen LogP contribution in [-0.4, -0.2) is 34.1 Å². The van der Waals surface area contributed by atoms with Crippen molar-refractivity contribution < 1.29 is 19.3 Å². The fourth-order valence-electron chi connectivity index (χ4n) is 4.35. The third-order valence-corrected chi connectivity index (χ3v) is 5.49. The van der Waals surface area contributed by atoms with Crippen molar-refractivity contribution in [3.63, 3.8) is 0 Å². The van der Waals surface area contributed by atoms with Crippen LogP contribution < -0.4 is 5.32 Å². The summed E-state index contributed by atoms with van der Waals surface area (Å²) in [5.74, 6) is -1.83. The number of imide groups is 1. The molecule has 3 amide bonds. The van der Waals surface area contributed by atoms with Gasteiger partial charge in [-0.1, -0.05) is 18.2 Å². The van der Waals surface area contributed by atoms with E-state index < -0.39 is 17.4 Å². The maximum Gasteiger partial charge on any atom is 0.293 e. The fourth-order valence-corrected chi connectivity index (χ4v) is 4.35. The second-order valence-corrected chi connectivity index (χ2v) is 7.09. The van der Waals surface area contributed by atoms with E-state index in [9.17, 15) is 24.5 Å². The van der Waals surface area contributed by atoms with Crippen LogP contribution in [0.4, 0.5) is 11.4 Å². The van der Waals surface area contributed by atoms with Gasteiger partial charge in [-0.25, -0.2) is 0 Å². The standard InChI is InChI=1S/C18H17N3O5/c1-9-2-5-12(13(6-9)21(25)26)19-14(22)8-20-17(23)15-10-3-4-11(7-10)16(15)18(20)24/h2-6,10-11,15-16H,7-8H2,1H3,(H,19,22)/t10-,11-,15+,16+/m0/s1. The molecule has 1 aliphatic heterocycles. The Balaban J connectivity index is 1.49. The maximum absolute atomic E-state index is 12.6. The number of carbonyl (C=O) groups is 3. The van der Waals surface area contributed by atoms with Crippen LogP contribution in [-0.2, 0) is 14.4 Å². The first-order chi connectivity index (χ1) is 12.4. The number of anilines is 1. The van der Waals surface area contributed by atoms with Gasteiger partial charge in [0.05, 0.1) is 16.8 Å². The van der Waals surface area contributed by atoms with Crippen molar-refractivity contribution in [2.75, 3.05) is 11.9 Å². The van der Waals surface area contributed by atoms with Crippen molar-refractivity contribution in [2.24, 2.45) is 23.7 Å². The highest BCUT2D eigenvalue weighted by Crippen LogP contribution is 2.52. The van der Waals surface area contributed by atoms with E-state index in [-0.39, 0.29) is 46.9 Å². The summed E-state index contributed by atoms with van der Waals surface area (Å²) >= 11 is 0. The van der Waals surface area contributed by atoms with Crippen LogP contribution >= 0.6 is 0 Å². The van der Waals surface area contributed by atoms with Gasteiger partial charge < -0.3 is 5.32 Å². The normalized spacial score (nSPS) is 28.6. The second-order valence-electron chi connectivity index (χ2n) is 7.09. The van der Waals surface area contributed by atoms with Gasteiger partial charge >= 0.3 is 0 Å².